The van der Waals surface area contributed by atoms with Crippen molar-refractivity contribution in [2.45, 2.75) is 0 Å². The van der Waals surface area contributed by atoms with E-state index in [-0.39, 0.29) is 10.2 Å². The van der Waals surface area contributed by atoms with E-state index >= 15 is 0 Å². The van der Waals surface area contributed by atoms with Gasteiger partial charge in [0.2, 0.25) is 0 Å². The summed E-state index contributed by atoms with van der Waals surface area (Å²) in [7, 11) is 0. The molecule has 21 heavy (non-hydrogen) atoms. The summed E-state index contributed by atoms with van der Waals surface area (Å²) in [6.07, 6.45) is 1.63. The lowest BCUT2D eigenvalue weighted by atomic mass is 10.1. The minimum absolute atomic E-state index is 0.0469. The van der Waals surface area contributed by atoms with E-state index in [1.165, 1.54) is 0 Å². The van der Waals surface area contributed by atoms with Crippen molar-refractivity contribution in [3.8, 4) is 0 Å². The molecule has 0 aliphatic heterocycles. The molecule has 0 fully saturated rings. The second-order valence-corrected chi connectivity index (χ2v) is 5.33. The van der Waals surface area contributed by atoms with Gasteiger partial charge in [0.25, 0.3) is 0 Å². The van der Waals surface area contributed by atoms with E-state index in [0.717, 1.165) is 17.5 Å². The molecule has 1 aromatic heterocycles. The third-order valence-corrected chi connectivity index (χ3v) is 3.69. The van der Waals surface area contributed by atoms with Crippen molar-refractivity contribution in [3.63, 3.8) is 0 Å². The summed E-state index contributed by atoms with van der Waals surface area (Å²) >= 11 is 2.95. The molecule has 3 aromatic rings. The fourth-order valence-corrected chi connectivity index (χ4v) is 2.38. The zero-order valence-corrected chi connectivity index (χ0v) is 12.3. The first kappa shape index (κ1) is 13.8. The molecular formula is C15H10BrF2N3. The standard InChI is InChI=1S/C15H10BrF2N3/c16-9-6-11(18)14(7-10(9)17)21-13-4-3-12(19)15-8(13)2-1-5-20-15/h1-7,21H,19H2. The second-order valence-electron chi connectivity index (χ2n) is 4.47. The monoisotopic (exact) mass is 349 g/mol. The molecule has 1 heterocycles. The molecule has 106 valence electrons. The highest BCUT2D eigenvalue weighted by Crippen LogP contribution is 2.31. The lowest BCUT2D eigenvalue weighted by Crippen LogP contribution is -1.98. The number of pyridine rings is 1. The van der Waals surface area contributed by atoms with Gasteiger partial charge < -0.3 is 11.1 Å². The molecule has 3 nitrogen and oxygen atoms in total. The van der Waals surface area contributed by atoms with Gasteiger partial charge in [-0.2, -0.15) is 0 Å². The largest absolute Gasteiger partial charge is 0.397 e. The Morgan fingerprint density at radius 3 is 2.67 bits per heavy atom. The van der Waals surface area contributed by atoms with Crippen molar-refractivity contribution >= 4 is 43.9 Å². The maximum absolute atomic E-state index is 13.9. The number of nitrogens with one attached hydrogen (secondary N) is 1. The zero-order valence-electron chi connectivity index (χ0n) is 10.7. The number of benzene rings is 2. The fraction of sp³-hybridized carbons (Fsp3) is 0. The molecule has 0 atom stereocenters. The van der Waals surface area contributed by atoms with Crippen molar-refractivity contribution in [1.29, 1.82) is 0 Å². The maximum atomic E-state index is 13.9. The van der Waals surface area contributed by atoms with Crippen LogP contribution in [0.25, 0.3) is 10.9 Å². The first-order chi connectivity index (χ1) is 10.1. The van der Waals surface area contributed by atoms with Crippen LogP contribution >= 0.6 is 15.9 Å². The number of anilines is 3. The molecule has 0 amide bonds. The Balaban J connectivity index is 2.11. The van der Waals surface area contributed by atoms with Gasteiger partial charge >= 0.3 is 0 Å². The minimum Gasteiger partial charge on any atom is -0.397 e. The van der Waals surface area contributed by atoms with Crippen LogP contribution in [-0.4, -0.2) is 4.98 Å². The summed E-state index contributed by atoms with van der Waals surface area (Å²) in [5, 5.41) is 3.62. The van der Waals surface area contributed by atoms with Crippen LogP contribution in [0.3, 0.4) is 0 Å². The van der Waals surface area contributed by atoms with E-state index in [4.69, 9.17) is 5.73 Å². The van der Waals surface area contributed by atoms with Gasteiger partial charge in [0, 0.05) is 23.3 Å². The van der Waals surface area contributed by atoms with Gasteiger partial charge in [-0.3, -0.25) is 4.98 Å². The molecule has 0 aliphatic carbocycles. The highest BCUT2D eigenvalue weighted by molar-refractivity contribution is 9.10. The molecule has 6 heteroatoms. The van der Waals surface area contributed by atoms with Crippen molar-refractivity contribution in [3.05, 3.63) is 58.7 Å². The SMILES string of the molecule is Nc1ccc(Nc2cc(F)c(Br)cc2F)c2cccnc12. The van der Waals surface area contributed by atoms with Crippen LogP contribution < -0.4 is 11.1 Å². The summed E-state index contributed by atoms with van der Waals surface area (Å²) in [5.74, 6) is -1.10. The van der Waals surface area contributed by atoms with Gasteiger partial charge in [-0.05, 0) is 46.3 Å². The van der Waals surface area contributed by atoms with E-state index in [1.807, 2.05) is 6.07 Å². The molecule has 0 radical (unpaired) electrons. The van der Waals surface area contributed by atoms with Gasteiger partial charge in [0.05, 0.1) is 21.4 Å². The molecule has 0 saturated heterocycles. The Labute approximate surface area is 127 Å². The minimum atomic E-state index is -0.558. The van der Waals surface area contributed by atoms with Gasteiger partial charge in [-0.1, -0.05) is 0 Å². The molecule has 0 aliphatic rings. The second kappa shape index (κ2) is 5.29. The van der Waals surface area contributed by atoms with Crippen molar-refractivity contribution in [2.75, 3.05) is 11.1 Å². The maximum Gasteiger partial charge on any atom is 0.147 e. The van der Waals surface area contributed by atoms with Crippen LogP contribution in [0.4, 0.5) is 25.8 Å². The predicted molar refractivity (Wildman–Crippen MR) is 83.5 cm³/mol. The topological polar surface area (TPSA) is 50.9 Å². The van der Waals surface area contributed by atoms with Crippen LogP contribution in [0, 0.1) is 11.6 Å². The Bertz CT molecular complexity index is 837. The van der Waals surface area contributed by atoms with Crippen LogP contribution in [0.5, 0.6) is 0 Å². The number of hydrogen-bond donors (Lipinski definition) is 2. The Morgan fingerprint density at radius 1 is 1.05 bits per heavy atom. The molecule has 0 spiro atoms. The molecular weight excluding hydrogens is 340 g/mol. The lowest BCUT2D eigenvalue weighted by Gasteiger charge is -2.12. The summed E-state index contributed by atoms with van der Waals surface area (Å²) in [4.78, 5) is 4.20. The summed E-state index contributed by atoms with van der Waals surface area (Å²) in [5.41, 5.74) is 7.65. The third-order valence-electron chi connectivity index (χ3n) is 3.08. The fourth-order valence-electron chi connectivity index (χ4n) is 2.07. The number of nitrogens with two attached hydrogens (primary N) is 1. The predicted octanol–water partition coefficient (Wildman–Crippen LogP) is 4.60. The molecule has 3 rings (SSSR count). The van der Waals surface area contributed by atoms with Crippen LogP contribution in [0.2, 0.25) is 0 Å². The van der Waals surface area contributed by atoms with E-state index in [1.54, 1.807) is 24.4 Å². The number of nitrogen functional groups attached to an aromatic ring is 1. The zero-order chi connectivity index (χ0) is 15.0. The lowest BCUT2D eigenvalue weighted by molar-refractivity contribution is 0.598. The quantitative estimate of drug-likeness (QED) is 0.525. The van der Waals surface area contributed by atoms with Crippen LogP contribution in [-0.2, 0) is 0 Å². The molecule has 0 unspecified atom stereocenters. The molecule has 0 bridgehead atoms. The molecule has 0 saturated carbocycles. The normalized spacial score (nSPS) is 10.8. The van der Waals surface area contributed by atoms with E-state index < -0.39 is 11.6 Å². The van der Waals surface area contributed by atoms with Gasteiger partial charge in [-0.15, -0.1) is 0 Å². The van der Waals surface area contributed by atoms with Gasteiger partial charge in [0.1, 0.15) is 11.6 Å². The van der Waals surface area contributed by atoms with Crippen molar-refractivity contribution in [2.24, 2.45) is 0 Å². The summed E-state index contributed by atoms with van der Waals surface area (Å²) in [6.45, 7) is 0. The Morgan fingerprint density at radius 2 is 1.86 bits per heavy atom. The summed E-state index contributed by atoms with van der Waals surface area (Å²) < 4.78 is 27.5. The van der Waals surface area contributed by atoms with Gasteiger partial charge in [0.15, 0.2) is 0 Å². The average molecular weight is 350 g/mol. The average Bonchev–Trinajstić information content (AvgIpc) is 2.48. The summed E-state index contributed by atoms with van der Waals surface area (Å²) in [6, 6.07) is 9.12. The van der Waals surface area contributed by atoms with E-state index in [9.17, 15) is 8.78 Å². The highest BCUT2D eigenvalue weighted by Gasteiger charge is 2.11. The van der Waals surface area contributed by atoms with E-state index in [0.29, 0.717) is 16.9 Å². The number of nitrogens with zero attached hydrogens (tertiary/aromatic N) is 1. The van der Waals surface area contributed by atoms with Gasteiger partial charge in [-0.25, -0.2) is 8.78 Å². The van der Waals surface area contributed by atoms with Crippen LogP contribution in [0.1, 0.15) is 0 Å². The number of fused-ring (bicyclic) bond motifs is 1. The highest BCUT2D eigenvalue weighted by atomic mass is 79.9. The third kappa shape index (κ3) is 2.54. The Hall–Kier alpha value is -2.21. The van der Waals surface area contributed by atoms with Crippen molar-refractivity contribution in [1.82, 2.24) is 4.98 Å². The van der Waals surface area contributed by atoms with E-state index in [2.05, 4.69) is 26.2 Å². The Kier molecular flexibility index (Phi) is 3.47. The number of halogens is 3. The first-order valence-electron chi connectivity index (χ1n) is 6.11. The smallest absolute Gasteiger partial charge is 0.147 e. The van der Waals surface area contributed by atoms with Crippen LogP contribution in [0.15, 0.2) is 47.1 Å². The molecule has 3 N–H and O–H groups in total. The molecule has 2 aromatic carbocycles. The first-order valence-corrected chi connectivity index (χ1v) is 6.90. The number of aromatic nitrogens is 1. The van der Waals surface area contributed by atoms with Crippen molar-refractivity contribution < 1.29 is 8.78 Å². The number of rotatable bonds is 2. The number of hydrogen-bond acceptors (Lipinski definition) is 3.